The van der Waals surface area contributed by atoms with Crippen molar-refractivity contribution in [2.45, 2.75) is 30.5 Å². The zero-order valence-electron chi connectivity index (χ0n) is 15.9. The van der Waals surface area contributed by atoms with Gasteiger partial charge in [0.1, 0.15) is 0 Å². The fourth-order valence-corrected chi connectivity index (χ4v) is 3.33. The SMILES string of the molecule is CN=C(NCc1cccc(NC(C)=O)c1)NCC(C)Sc1ccccc1.I. The van der Waals surface area contributed by atoms with Crippen LogP contribution in [0.5, 0.6) is 0 Å². The molecule has 0 heterocycles. The minimum atomic E-state index is -0.0718. The molecule has 2 rings (SSSR count). The highest BCUT2D eigenvalue weighted by Crippen LogP contribution is 2.21. The van der Waals surface area contributed by atoms with Gasteiger partial charge in [0.2, 0.25) is 5.91 Å². The molecule has 0 aliphatic heterocycles. The minimum Gasteiger partial charge on any atom is -0.355 e. The first-order chi connectivity index (χ1) is 12.6. The maximum Gasteiger partial charge on any atom is 0.221 e. The highest BCUT2D eigenvalue weighted by atomic mass is 127. The molecular weight excluding hydrogens is 471 g/mol. The van der Waals surface area contributed by atoms with E-state index in [1.54, 1.807) is 7.05 Å². The van der Waals surface area contributed by atoms with Crippen molar-refractivity contribution in [3.63, 3.8) is 0 Å². The van der Waals surface area contributed by atoms with Crippen molar-refractivity contribution < 1.29 is 4.79 Å². The van der Waals surface area contributed by atoms with Gasteiger partial charge in [-0.2, -0.15) is 0 Å². The maximum absolute atomic E-state index is 11.2. The summed E-state index contributed by atoms with van der Waals surface area (Å²) in [6, 6.07) is 18.1. The van der Waals surface area contributed by atoms with Crippen molar-refractivity contribution >= 4 is 53.3 Å². The van der Waals surface area contributed by atoms with E-state index < -0.39 is 0 Å². The number of anilines is 1. The lowest BCUT2D eigenvalue weighted by Gasteiger charge is -2.16. The van der Waals surface area contributed by atoms with E-state index in [-0.39, 0.29) is 29.9 Å². The summed E-state index contributed by atoms with van der Waals surface area (Å²) in [5, 5.41) is 9.87. The molecule has 146 valence electrons. The van der Waals surface area contributed by atoms with Crippen LogP contribution in [0.25, 0.3) is 0 Å². The van der Waals surface area contributed by atoms with Crippen LogP contribution in [-0.2, 0) is 11.3 Å². The van der Waals surface area contributed by atoms with Crippen LogP contribution in [0.15, 0.2) is 64.5 Å². The standard InChI is InChI=1S/C20H26N4OS.HI/c1-15(26-19-10-5-4-6-11-19)13-22-20(21-3)23-14-17-8-7-9-18(12-17)24-16(2)25;/h4-12,15H,13-14H2,1-3H3,(H,24,25)(H2,21,22,23);1H. The number of nitrogens with one attached hydrogen (secondary N) is 3. The lowest BCUT2D eigenvalue weighted by Crippen LogP contribution is -2.39. The number of hydrogen-bond acceptors (Lipinski definition) is 3. The van der Waals surface area contributed by atoms with Crippen LogP contribution in [-0.4, -0.2) is 30.7 Å². The van der Waals surface area contributed by atoms with E-state index >= 15 is 0 Å². The van der Waals surface area contributed by atoms with Crippen LogP contribution in [0.3, 0.4) is 0 Å². The molecule has 0 bridgehead atoms. The van der Waals surface area contributed by atoms with E-state index in [0.29, 0.717) is 11.8 Å². The number of benzene rings is 2. The van der Waals surface area contributed by atoms with Crippen LogP contribution < -0.4 is 16.0 Å². The first-order valence-electron chi connectivity index (χ1n) is 8.59. The Morgan fingerprint density at radius 2 is 1.85 bits per heavy atom. The lowest BCUT2D eigenvalue weighted by atomic mass is 10.2. The van der Waals surface area contributed by atoms with Gasteiger partial charge in [0.15, 0.2) is 5.96 Å². The van der Waals surface area contributed by atoms with Gasteiger partial charge >= 0.3 is 0 Å². The molecule has 1 amide bonds. The molecule has 0 spiro atoms. The van der Waals surface area contributed by atoms with Crippen LogP contribution >= 0.6 is 35.7 Å². The Hall–Kier alpha value is -1.74. The van der Waals surface area contributed by atoms with Gasteiger partial charge in [-0.1, -0.05) is 37.3 Å². The second kappa shape index (κ2) is 12.6. The van der Waals surface area contributed by atoms with E-state index in [9.17, 15) is 4.79 Å². The van der Waals surface area contributed by atoms with Crippen LogP contribution in [0.1, 0.15) is 19.4 Å². The molecular formula is C20H27IN4OS. The Morgan fingerprint density at radius 1 is 1.11 bits per heavy atom. The Balaban J connectivity index is 0.00000364. The van der Waals surface area contributed by atoms with Gasteiger partial charge in [-0.05, 0) is 29.8 Å². The van der Waals surface area contributed by atoms with E-state index in [0.717, 1.165) is 23.8 Å². The quantitative estimate of drug-likeness (QED) is 0.233. The number of thioether (sulfide) groups is 1. The highest BCUT2D eigenvalue weighted by Gasteiger charge is 2.06. The summed E-state index contributed by atoms with van der Waals surface area (Å²) in [5.41, 5.74) is 1.87. The van der Waals surface area contributed by atoms with E-state index in [2.05, 4.69) is 52.1 Å². The molecule has 2 aromatic rings. The number of rotatable bonds is 7. The topological polar surface area (TPSA) is 65.5 Å². The zero-order chi connectivity index (χ0) is 18.8. The highest BCUT2D eigenvalue weighted by molar-refractivity contribution is 14.0. The Morgan fingerprint density at radius 3 is 2.52 bits per heavy atom. The minimum absolute atomic E-state index is 0. The molecule has 0 aliphatic carbocycles. The van der Waals surface area contributed by atoms with Gasteiger partial charge in [-0.15, -0.1) is 35.7 Å². The van der Waals surface area contributed by atoms with Crippen LogP contribution in [0, 0.1) is 0 Å². The summed E-state index contributed by atoms with van der Waals surface area (Å²) in [7, 11) is 1.76. The second-order valence-electron chi connectivity index (χ2n) is 5.93. The molecule has 0 radical (unpaired) electrons. The van der Waals surface area contributed by atoms with Crippen molar-refractivity contribution in [1.29, 1.82) is 0 Å². The van der Waals surface area contributed by atoms with Crippen molar-refractivity contribution in [3.05, 3.63) is 60.2 Å². The number of aliphatic imine (C=N–C) groups is 1. The van der Waals surface area contributed by atoms with Gasteiger partial charge in [0.05, 0.1) is 0 Å². The third-order valence-corrected chi connectivity index (χ3v) is 4.68. The first-order valence-corrected chi connectivity index (χ1v) is 9.47. The molecule has 7 heteroatoms. The molecule has 1 unspecified atom stereocenters. The number of guanidine groups is 1. The number of hydrogen-bond donors (Lipinski definition) is 3. The molecule has 0 saturated heterocycles. The van der Waals surface area contributed by atoms with Gasteiger partial charge in [0.25, 0.3) is 0 Å². The molecule has 2 aromatic carbocycles. The van der Waals surface area contributed by atoms with Crippen LogP contribution in [0.4, 0.5) is 5.69 Å². The molecule has 27 heavy (non-hydrogen) atoms. The third-order valence-electron chi connectivity index (χ3n) is 3.57. The van der Waals surface area contributed by atoms with Crippen molar-refractivity contribution in [2.24, 2.45) is 4.99 Å². The van der Waals surface area contributed by atoms with Gasteiger partial charge in [-0.3, -0.25) is 9.79 Å². The Kier molecular flexibility index (Phi) is 10.9. The van der Waals surface area contributed by atoms with Crippen molar-refractivity contribution in [1.82, 2.24) is 10.6 Å². The lowest BCUT2D eigenvalue weighted by molar-refractivity contribution is -0.114. The first kappa shape index (κ1) is 23.3. The van der Waals surface area contributed by atoms with Crippen molar-refractivity contribution in [3.8, 4) is 0 Å². The Labute approximate surface area is 182 Å². The van der Waals surface area contributed by atoms with E-state index in [4.69, 9.17) is 0 Å². The molecule has 0 aliphatic rings. The summed E-state index contributed by atoms with van der Waals surface area (Å²) in [5.74, 6) is 0.688. The smallest absolute Gasteiger partial charge is 0.221 e. The molecule has 0 fully saturated rings. The van der Waals surface area contributed by atoms with E-state index in [1.807, 2.05) is 42.1 Å². The molecule has 5 nitrogen and oxygen atoms in total. The van der Waals surface area contributed by atoms with Crippen molar-refractivity contribution in [2.75, 3.05) is 18.9 Å². The summed E-state index contributed by atoms with van der Waals surface area (Å²) in [6.45, 7) is 5.14. The maximum atomic E-state index is 11.2. The number of halogens is 1. The second-order valence-corrected chi connectivity index (χ2v) is 7.44. The molecule has 0 aromatic heterocycles. The monoisotopic (exact) mass is 498 g/mol. The molecule has 0 saturated carbocycles. The predicted molar refractivity (Wildman–Crippen MR) is 126 cm³/mol. The number of carbonyl (C=O) groups is 1. The summed E-state index contributed by atoms with van der Waals surface area (Å²) < 4.78 is 0. The number of carbonyl (C=O) groups excluding carboxylic acids is 1. The third kappa shape index (κ3) is 9.14. The molecule has 1 atom stereocenters. The normalized spacial score (nSPS) is 11.9. The Bertz CT molecular complexity index is 740. The average Bonchev–Trinajstić information content (AvgIpc) is 2.62. The summed E-state index contributed by atoms with van der Waals surface area (Å²) >= 11 is 1.83. The fourth-order valence-electron chi connectivity index (χ4n) is 2.38. The zero-order valence-corrected chi connectivity index (χ0v) is 19.0. The number of amides is 1. The number of nitrogens with zero attached hydrogens (tertiary/aromatic N) is 1. The molecule has 3 N–H and O–H groups in total. The van der Waals surface area contributed by atoms with Crippen LogP contribution in [0.2, 0.25) is 0 Å². The predicted octanol–water partition coefficient (Wildman–Crippen LogP) is 4.11. The summed E-state index contributed by atoms with van der Waals surface area (Å²) in [6.07, 6.45) is 0. The van der Waals surface area contributed by atoms with Gasteiger partial charge < -0.3 is 16.0 Å². The van der Waals surface area contributed by atoms with Gasteiger partial charge in [-0.25, -0.2) is 0 Å². The fraction of sp³-hybridized carbons (Fsp3) is 0.300. The van der Waals surface area contributed by atoms with E-state index in [1.165, 1.54) is 11.8 Å². The largest absolute Gasteiger partial charge is 0.355 e. The van der Waals surface area contributed by atoms with Gasteiger partial charge in [0, 0.05) is 42.9 Å². The summed E-state index contributed by atoms with van der Waals surface area (Å²) in [4.78, 5) is 16.7. The average molecular weight is 498 g/mol.